The molecule has 0 aliphatic carbocycles. The van der Waals surface area contributed by atoms with Crippen LogP contribution in [0.5, 0.6) is 0 Å². The molecule has 0 unspecified atom stereocenters. The second kappa shape index (κ2) is 5.78. The quantitative estimate of drug-likeness (QED) is 0.421. The molecule has 2 aliphatic heterocycles. The van der Waals surface area contributed by atoms with Gasteiger partial charge >= 0.3 is 0 Å². The first-order chi connectivity index (χ1) is 9.54. The van der Waals surface area contributed by atoms with Crippen LogP contribution in [0.15, 0.2) is 12.2 Å². The average Bonchev–Trinajstić information content (AvgIpc) is 2.47. The first-order valence-corrected chi connectivity index (χ1v) is 11.5. The van der Waals surface area contributed by atoms with Gasteiger partial charge in [0.1, 0.15) is 0 Å². The summed E-state index contributed by atoms with van der Waals surface area (Å²) in [7, 11) is -1.72. The molecule has 21 heavy (non-hydrogen) atoms. The Morgan fingerprint density at radius 2 is 2.00 bits per heavy atom. The van der Waals surface area contributed by atoms with E-state index in [0.717, 1.165) is 18.0 Å². The number of nitrogens with zero attached hydrogens (tertiary/aromatic N) is 1. The molecule has 0 N–H and O–H groups in total. The van der Waals surface area contributed by atoms with Crippen LogP contribution in [-0.2, 0) is 4.43 Å². The minimum atomic E-state index is -1.72. The molecule has 0 aromatic heterocycles. The van der Waals surface area contributed by atoms with Crippen LogP contribution in [-0.4, -0.2) is 36.9 Å². The molecule has 2 aliphatic rings. The van der Waals surface area contributed by atoms with Gasteiger partial charge in [0.2, 0.25) is 0 Å². The van der Waals surface area contributed by atoms with Crippen LogP contribution in [0.3, 0.4) is 0 Å². The van der Waals surface area contributed by atoms with Crippen molar-refractivity contribution in [3.05, 3.63) is 12.2 Å². The van der Waals surface area contributed by atoms with E-state index >= 15 is 0 Å². The summed E-state index contributed by atoms with van der Waals surface area (Å²) >= 11 is 5.70. The van der Waals surface area contributed by atoms with Crippen LogP contribution in [0.1, 0.15) is 47.0 Å². The van der Waals surface area contributed by atoms with E-state index in [1.54, 1.807) is 0 Å². The SMILES string of the molecule is C=C1CCC[C@@H]2[C@@H]([C@@H](C)O[Si](C)(C)C(C)(C)C)C(=S)N2C1. The molecule has 4 heteroatoms. The van der Waals surface area contributed by atoms with Gasteiger partial charge in [-0.15, -0.1) is 0 Å². The van der Waals surface area contributed by atoms with Gasteiger partial charge in [-0.3, -0.25) is 0 Å². The van der Waals surface area contributed by atoms with E-state index in [0.29, 0.717) is 12.0 Å². The lowest BCUT2D eigenvalue weighted by atomic mass is 9.82. The van der Waals surface area contributed by atoms with E-state index in [4.69, 9.17) is 16.6 Å². The summed E-state index contributed by atoms with van der Waals surface area (Å²) in [5.74, 6) is 0.431. The number of hydrogen-bond donors (Lipinski definition) is 0. The smallest absolute Gasteiger partial charge is 0.192 e. The van der Waals surface area contributed by atoms with Gasteiger partial charge in [-0.05, 0) is 44.3 Å². The van der Waals surface area contributed by atoms with Crippen molar-refractivity contribution < 1.29 is 4.43 Å². The molecule has 0 aromatic rings. The fraction of sp³-hybridized carbons (Fsp3) is 0.824. The fourth-order valence-corrected chi connectivity index (χ4v) is 5.25. The van der Waals surface area contributed by atoms with Crippen molar-refractivity contribution in [3.8, 4) is 0 Å². The van der Waals surface area contributed by atoms with Crippen LogP contribution in [0.2, 0.25) is 18.1 Å². The summed E-state index contributed by atoms with van der Waals surface area (Å²) in [4.78, 5) is 3.50. The zero-order valence-corrected chi connectivity index (χ0v) is 16.3. The molecule has 2 fully saturated rings. The third-order valence-electron chi connectivity index (χ3n) is 5.60. The molecule has 0 bridgehead atoms. The van der Waals surface area contributed by atoms with Crippen molar-refractivity contribution in [2.45, 2.75) is 77.2 Å². The highest BCUT2D eigenvalue weighted by atomic mass is 32.1. The molecule has 2 nitrogen and oxygen atoms in total. The summed E-state index contributed by atoms with van der Waals surface area (Å²) in [5, 5.41) is 0.254. The highest BCUT2D eigenvalue weighted by Crippen LogP contribution is 2.42. The van der Waals surface area contributed by atoms with Gasteiger partial charge in [-0.25, -0.2) is 0 Å². The van der Waals surface area contributed by atoms with E-state index in [9.17, 15) is 0 Å². The summed E-state index contributed by atoms with van der Waals surface area (Å²) < 4.78 is 6.60. The maximum absolute atomic E-state index is 6.60. The molecule has 0 amide bonds. The van der Waals surface area contributed by atoms with E-state index in [1.165, 1.54) is 18.4 Å². The van der Waals surface area contributed by atoms with E-state index in [2.05, 4.69) is 52.3 Å². The Kier molecular flexibility index (Phi) is 4.73. The topological polar surface area (TPSA) is 12.5 Å². The molecule has 120 valence electrons. The Bertz CT molecular complexity index is 441. The lowest BCUT2D eigenvalue weighted by Crippen LogP contribution is -2.64. The van der Waals surface area contributed by atoms with Crippen LogP contribution >= 0.6 is 12.2 Å². The van der Waals surface area contributed by atoms with Gasteiger partial charge in [0.15, 0.2) is 8.32 Å². The number of thiocarbonyl (C=S) groups is 1. The number of fused-ring (bicyclic) bond motifs is 1. The first kappa shape index (κ1) is 17.2. The lowest BCUT2D eigenvalue weighted by molar-refractivity contribution is 0.0718. The minimum Gasteiger partial charge on any atom is -0.413 e. The molecule has 0 aromatic carbocycles. The summed E-state index contributed by atoms with van der Waals surface area (Å²) in [5.41, 5.74) is 1.33. The van der Waals surface area contributed by atoms with E-state index < -0.39 is 8.32 Å². The maximum atomic E-state index is 6.60. The van der Waals surface area contributed by atoms with Crippen molar-refractivity contribution in [1.29, 1.82) is 0 Å². The van der Waals surface area contributed by atoms with Gasteiger partial charge in [0, 0.05) is 12.6 Å². The van der Waals surface area contributed by atoms with Crippen molar-refractivity contribution >= 4 is 25.5 Å². The van der Waals surface area contributed by atoms with Crippen LogP contribution in [0.4, 0.5) is 0 Å². The molecular formula is C17H31NOSSi. The predicted octanol–water partition coefficient (Wildman–Crippen LogP) is 4.76. The largest absolute Gasteiger partial charge is 0.413 e. The highest BCUT2D eigenvalue weighted by Gasteiger charge is 2.49. The van der Waals surface area contributed by atoms with Gasteiger partial charge < -0.3 is 9.33 Å². The Labute approximate surface area is 137 Å². The molecule has 0 spiro atoms. The molecule has 0 saturated carbocycles. The summed E-state index contributed by atoms with van der Waals surface area (Å²) in [6.45, 7) is 18.9. The fourth-order valence-electron chi connectivity index (χ4n) is 3.27. The second-order valence-electron chi connectivity index (χ2n) is 8.28. The zero-order chi connectivity index (χ0) is 16.0. The minimum absolute atomic E-state index is 0.242. The van der Waals surface area contributed by atoms with Crippen molar-refractivity contribution in [3.63, 3.8) is 0 Å². The Morgan fingerprint density at radius 3 is 2.57 bits per heavy atom. The number of rotatable bonds is 3. The second-order valence-corrected chi connectivity index (χ2v) is 13.5. The molecular weight excluding hydrogens is 294 g/mol. The zero-order valence-electron chi connectivity index (χ0n) is 14.5. The summed E-state index contributed by atoms with van der Waals surface area (Å²) in [6.07, 6.45) is 3.87. The Morgan fingerprint density at radius 1 is 1.38 bits per heavy atom. The molecule has 0 radical (unpaired) electrons. The molecule has 2 heterocycles. The van der Waals surface area contributed by atoms with Crippen LogP contribution < -0.4 is 0 Å². The molecule has 2 saturated heterocycles. The van der Waals surface area contributed by atoms with Crippen molar-refractivity contribution in [2.24, 2.45) is 5.92 Å². The Hall–Kier alpha value is -0.193. The van der Waals surface area contributed by atoms with Crippen LogP contribution in [0.25, 0.3) is 0 Å². The monoisotopic (exact) mass is 325 g/mol. The normalized spacial score (nSPS) is 28.8. The van der Waals surface area contributed by atoms with Crippen LogP contribution in [0, 0.1) is 5.92 Å². The first-order valence-electron chi connectivity index (χ1n) is 8.19. The Balaban J connectivity index is 2.06. The lowest BCUT2D eigenvalue weighted by Gasteiger charge is -2.53. The average molecular weight is 326 g/mol. The van der Waals surface area contributed by atoms with Crippen molar-refractivity contribution in [1.82, 2.24) is 4.90 Å². The standard InChI is InChI=1S/C17H31NOSSi/c1-12-9-8-10-14-15(16(20)18(14)11-12)13(2)19-21(6,7)17(3,4)5/h13-15H,1,8-11H2,2-7H3/t13-,14-,15-/m1/s1. The van der Waals surface area contributed by atoms with Gasteiger partial charge in [-0.2, -0.15) is 0 Å². The van der Waals surface area contributed by atoms with E-state index in [1.807, 2.05) is 0 Å². The predicted molar refractivity (Wildman–Crippen MR) is 97.3 cm³/mol. The number of hydrogen-bond acceptors (Lipinski definition) is 2. The van der Waals surface area contributed by atoms with Gasteiger partial charge in [0.05, 0.1) is 17.0 Å². The van der Waals surface area contributed by atoms with Gasteiger partial charge in [-0.1, -0.05) is 45.1 Å². The van der Waals surface area contributed by atoms with Crippen molar-refractivity contribution in [2.75, 3.05) is 6.54 Å². The maximum Gasteiger partial charge on any atom is 0.192 e. The summed E-state index contributed by atoms with van der Waals surface area (Å²) in [6, 6.07) is 0.580. The van der Waals surface area contributed by atoms with Gasteiger partial charge in [0.25, 0.3) is 0 Å². The molecule has 2 rings (SSSR count). The van der Waals surface area contributed by atoms with E-state index in [-0.39, 0.29) is 11.1 Å². The third kappa shape index (κ3) is 3.27. The molecule has 3 atom stereocenters. The highest BCUT2D eigenvalue weighted by molar-refractivity contribution is 7.80. The third-order valence-corrected chi connectivity index (χ3v) is 10.7.